The van der Waals surface area contributed by atoms with Gasteiger partial charge in [0, 0.05) is 0 Å². The van der Waals surface area contributed by atoms with Crippen LogP contribution < -0.4 is 5.48 Å². The highest BCUT2D eigenvalue weighted by Gasteiger charge is 2.18. The predicted molar refractivity (Wildman–Crippen MR) is 46.4 cm³/mol. The third-order valence-corrected chi connectivity index (χ3v) is 2.03. The Kier molecular flexibility index (Phi) is 3.89. The first-order chi connectivity index (χ1) is 6.25. The molecule has 0 spiro atoms. The summed E-state index contributed by atoms with van der Waals surface area (Å²) in [5.74, 6) is -1.41. The summed E-state index contributed by atoms with van der Waals surface area (Å²) in [4.78, 5) is 15.6. The smallest absolute Gasteiger partial charge is 0.274 e. The van der Waals surface area contributed by atoms with Gasteiger partial charge in [-0.25, -0.2) is 9.87 Å². The SMILES string of the molecule is CCONC(=O)C(F)=C1CCCC1. The molecule has 1 aliphatic carbocycles. The fourth-order valence-corrected chi connectivity index (χ4v) is 1.36. The first kappa shape index (κ1) is 10.2. The van der Waals surface area contributed by atoms with Crippen LogP contribution in [0.5, 0.6) is 0 Å². The van der Waals surface area contributed by atoms with E-state index in [9.17, 15) is 9.18 Å². The Hall–Kier alpha value is -0.900. The average molecular weight is 187 g/mol. The zero-order valence-corrected chi connectivity index (χ0v) is 7.73. The van der Waals surface area contributed by atoms with E-state index >= 15 is 0 Å². The fourth-order valence-electron chi connectivity index (χ4n) is 1.36. The van der Waals surface area contributed by atoms with E-state index in [1.165, 1.54) is 0 Å². The molecule has 0 aromatic rings. The maximum atomic E-state index is 13.2. The number of amides is 1. The van der Waals surface area contributed by atoms with Crippen LogP contribution in [-0.4, -0.2) is 12.5 Å². The molecule has 0 aromatic heterocycles. The molecule has 0 saturated heterocycles. The first-order valence-corrected chi connectivity index (χ1v) is 4.55. The van der Waals surface area contributed by atoms with Crippen LogP contribution >= 0.6 is 0 Å². The minimum absolute atomic E-state index is 0.342. The Morgan fingerprint density at radius 3 is 2.69 bits per heavy atom. The van der Waals surface area contributed by atoms with Crippen LogP contribution in [0.3, 0.4) is 0 Å². The molecular weight excluding hydrogens is 173 g/mol. The second-order valence-corrected chi connectivity index (χ2v) is 2.99. The molecule has 13 heavy (non-hydrogen) atoms. The van der Waals surface area contributed by atoms with Crippen molar-refractivity contribution in [2.24, 2.45) is 0 Å². The summed E-state index contributed by atoms with van der Waals surface area (Å²) in [7, 11) is 0. The Labute approximate surface area is 76.9 Å². The van der Waals surface area contributed by atoms with Gasteiger partial charge in [-0.3, -0.25) is 9.63 Å². The summed E-state index contributed by atoms with van der Waals surface area (Å²) < 4.78 is 13.2. The largest absolute Gasteiger partial charge is 0.303 e. The van der Waals surface area contributed by atoms with Gasteiger partial charge in [0.15, 0.2) is 5.83 Å². The molecule has 1 rings (SSSR count). The second-order valence-electron chi connectivity index (χ2n) is 2.99. The van der Waals surface area contributed by atoms with Crippen molar-refractivity contribution in [2.45, 2.75) is 32.6 Å². The molecule has 0 atom stereocenters. The van der Waals surface area contributed by atoms with Crippen LogP contribution in [0.4, 0.5) is 4.39 Å². The lowest BCUT2D eigenvalue weighted by Crippen LogP contribution is -2.24. The molecule has 0 aromatic carbocycles. The zero-order chi connectivity index (χ0) is 9.68. The van der Waals surface area contributed by atoms with E-state index in [0.29, 0.717) is 25.0 Å². The molecule has 0 radical (unpaired) electrons. The van der Waals surface area contributed by atoms with Crippen LogP contribution in [0.1, 0.15) is 32.6 Å². The van der Waals surface area contributed by atoms with E-state index in [1.807, 2.05) is 5.48 Å². The molecule has 74 valence electrons. The molecule has 4 heteroatoms. The zero-order valence-electron chi connectivity index (χ0n) is 7.73. The third kappa shape index (κ3) is 2.81. The maximum absolute atomic E-state index is 13.2. The van der Waals surface area contributed by atoms with Crippen molar-refractivity contribution in [3.8, 4) is 0 Å². The van der Waals surface area contributed by atoms with E-state index in [1.54, 1.807) is 6.92 Å². The van der Waals surface area contributed by atoms with Crippen molar-refractivity contribution >= 4 is 5.91 Å². The number of hydroxylamine groups is 1. The number of rotatable bonds is 3. The summed E-state index contributed by atoms with van der Waals surface area (Å²) >= 11 is 0. The monoisotopic (exact) mass is 187 g/mol. The fraction of sp³-hybridized carbons (Fsp3) is 0.667. The number of carbonyl (C=O) groups excluding carboxylic acids is 1. The van der Waals surface area contributed by atoms with Gasteiger partial charge in [-0.15, -0.1) is 0 Å². The van der Waals surface area contributed by atoms with Gasteiger partial charge in [-0.2, -0.15) is 0 Å². The quantitative estimate of drug-likeness (QED) is 0.541. The minimum Gasteiger partial charge on any atom is -0.274 e. The van der Waals surface area contributed by atoms with E-state index in [2.05, 4.69) is 4.84 Å². The Morgan fingerprint density at radius 1 is 1.54 bits per heavy atom. The standard InChI is InChI=1S/C9H14FNO2/c1-2-13-11-9(12)8(10)7-5-3-4-6-7/h2-6H2,1H3,(H,11,12). The van der Waals surface area contributed by atoms with Gasteiger partial charge < -0.3 is 0 Å². The van der Waals surface area contributed by atoms with Gasteiger partial charge in [-0.05, 0) is 38.2 Å². The van der Waals surface area contributed by atoms with Crippen LogP contribution in [-0.2, 0) is 9.63 Å². The first-order valence-electron chi connectivity index (χ1n) is 4.55. The normalized spacial score (nSPS) is 16.0. The molecular formula is C9H14FNO2. The Morgan fingerprint density at radius 2 is 2.15 bits per heavy atom. The highest BCUT2D eigenvalue weighted by atomic mass is 19.1. The van der Waals surface area contributed by atoms with Crippen LogP contribution in [0, 0.1) is 0 Å². The molecule has 1 saturated carbocycles. The topological polar surface area (TPSA) is 38.3 Å². The summed E-state index contributed by atoms with van der Waals surface area (Å²) in [5, 5.41) is 0. The van der Waals surface area contributed by atoms with Crippen molar-refractivity contribution in [1.82, 2.24) is 5.48 Å². The lowest BCUT2D eigenvalue weighted by atomic mass is 10.2. The van der Waals surface area contributed by atoms with Gasteiger partial charge in [0.2, 0.25) is 0 Å². The summed E-state index contributed by atoms with van der Waals surface area (Å²) in [6, 6.07) is 0. The van der Waals surface area contributed by atoms with E-state index in [4.69, 9.17) is 0 Å². The summed E-state index contributed by atoms with van der Waals surface area (Å²) in [5.41, 5.74) is 2.66. The maximum Gasteiger partial charge on any atom is 0.303 e. The number of nitrogens with one attached hydrogen (secondary N) is 1. The van der Waals surface area contributed by atoms with Gasteiger partial charge in [0.05, 0.1) is 6.61 Å². The van der Waals surface area contributed by atoms with Crippen LogP contribution in [0.15, 0.2) is 11.4 Å². The second kappa shape index (κ2) is 4.97. The average Bonchev–Trinajstić information content (AvgIpc) is 2.65. The molecule has 0 heterocycles. The van der Waals surface area contributed by atoms with E-state index in [0.717, 1.165) is 12.8 Å². The highest BCUT2D eigenvalue weighted by molar-refractivity contribution is 5.91. The Bertz CT molecular complexity index is 218. The van der Waals surface area contributed by atoms with Crippen molar-refractivity contribution in [3.63, 3.8) is 0 Å². The lowest BCUT2D eigenvalue weighted by molar-refractivity contribution is -0.130. The highest BCUT2D eigenvalue weighted by Crippen LogP contribution is 2.27. The summed E-state index contributed by atoms with van der Waals surface area (Å²) in [6.45, 7) is 2.06. The van der Waals surface area contributed by atoms with Gasteiger partial charge >= 0.3 is 5.91 Å². The Balaban J connectivity index is 2.49. The summed E-state index contributed by atoms with van der Waals surface area (Å²) in [6.07, 6.45) is 3.35. The third-order valence-electron chi connectivity index (χ3n) is 2.03. The number of hydrogen-bond acceptors (Lipinski definition) is 2. The van der Waals surface area contributed by atoms with Crippen LogP contribution in [0.25, 0.3) is 0 Å². The van der Waals surface area contributed by atoms with E-state index < -0.39 is 11.7 Å². The molecule has 3 nitrogen and oxygen atoms in total. The molecule has 0 bridgehead atoms. The predicted octanol–water partition coefficient (Wildman–Crippen LogP) is 1.85. The van der Waals surface area contributed by atoms with Crippen molar-refractivity contribution < 1.29 is 14.0 Å². The number of carbonyl (C=O) groups is 1. The number of halogens is 1. The van der Waals surface area contributed by atoms with Gasteiger partial charge in [-0.1, -0.05) is 0 Å². The van der Waals surface area contributed by atoms with Gasteiger partial charge in [0.1, 0.15) is 0 Å². The van der Waals surface area contributed by atoms with E-state index in [-0.39, 0.29) is 0 Å². The minimum atomic E-state index is -0.751. The van der Waals surface area contributed by atoms with Crippen molar-refractivity contribution in [2.75, 3.05) is 6.61 Å². The van der Waals surface area contributed by atoms with Gasteiger partial charge in [0.25, 0.3) is 0 Å². The van der Waals surface area contributed by atoms with Crippen molar-refractivity contribution in [1.29, 1.82) is 0 Å². The molecule has 1 N–H and O–H groups in total. The number of allylic oxidation sites excluding steroid dienone is 1. The molecule has 1 amide bonds. The molecule has 1 aliphatic rings. The van der Waals surface area contributed by atoms with Crippen LogP contribution in [0.2, 0.25) is 0 Å². The molecule has 1 fully saturated rings. The lowest BCUT2D eigenvalue weighted by Gasteiger charge is -2.03. The molecule has 0 unspecified atom stereocenters. The number of hydrogen-bond donors (Lipinski definition) is 1. The molecule has 0 aliphatic heterocycles. The van der Waals surface area contributed by atoms with Crippen molar-refractivity contribution in [3.05, 3.63) is 11.4 Å².